The minimum Gasteiger partial charge on any atom is -0.368 e. The van der Waals surface area contributed by atoms with Crippen LogP contribution < -0.4 is 5.32 Å². The first-order valence-corrected chi connectivity index (χ1v) is 8.50. The maximum Gasteiger partial charge on any atom is 0.147 e. The van der Waals surface area contributed by atoms with Gasteiger partial charge in [-0.05, 0) is 23.6 Å². The van der Waals surface area contributed by atoms with E-state index in [4.69, 9.17) is 0 Å². The van der Waals surface area contributed by atoms with Crippen LogP contribution in [0.5, 0.6) is 0 Å². The fourth-order valence-corrected chi connectivity index (χ4v) is 3.75. The third-order valence-electron chi connectivity index (χ3n) is 2.91. The second kappa shape index (κ2) is 6.28. The molecule has 0 radical (unpaired) electrons. The van der Waals surface area contributed by atoms with Crippen LogP contribution in [0, 0.1) is 5.82 Å². The van der Waals surface area contributed by atoms with Crippen LogP contribution in [0.2, 0.25) is 0 Å². The molecule has 0 fully saturated rings. The predicted octanol–water partition coefficient (Wildman–Crippen LogP) is 3.05. The average Bonchev–Trinajstić information content (AvgIpc) is 2.97. The van der Waals surface area contributed by atoms with Crippen molar-refractivity contribution in [2.24, 2.45) is 0 Å². The summed E-state index contributed by atoms with van der Waals surface area (Å²) in [7, 11) is -1.37. The first-order chi connectivity index (χ1) is 10.3. The molecule has 1 N–H and O–H groups in total. The predicted molar refractivity (Wildman–Crippen MR) is 83.6 cm³/mol. The van der Waals surface area contributed by atoms with Crippen molar-refractivity contribution in [3.05, 3.63) is 47.9 Å². The first-order valence-electron chi connectivity index (χ1n) is 6.30. The molecule has 1 aromatic carbocycles. The quantitative estimate of drug-likeness (QED) is 0.785. The fraction of sp³-hybridized carbons (Fsp3) is 0.143. The van der Waals surface area contributed by atoms with E-state index in [1.54, 1.807) is 29.5 Å². The molecule has 0 saturated heterocycles. The zero-order valence-electron chi connectivity index (χ0n) is 11.0. The van der Waals surface area contributed by atoms with Crippen molar-refractivity contribution in [3.63, 3.8) is 0 Å². The van der Waals surface area contributed by atoms with E-state index < -0.39 is 16.6 Å². The summed E-state index contributed by atoms with van der Waals surface area (Å²) < 4.78 is 26.6. The molecule has 0 aliphatic rings. The van der Waals surface area contributed by atoms with Crippen LogP contribution in [0.25, 0.3) is 10.2 Å². The number of nitrogens with zero attached hydrogens (tertiary/aromatic N) is 2. The van der Waals surface area contributed by atoms with Gasteiger partial charge in [-0.3, -0.25) is 4.21 Å². The highest BCUT2D eigenvalue weighted by atomic mass is 32.2. The number of aromatic nitrogens is 2. The number of thiophene rings is 1. The van der Waals surface area contributed by atoms with Gasteiger partial charge in [0, 0.05) is 12.3 Å². The average molecular weight is 321 g/mol. The topological polar surface area (TPSA) is 54.9 Å². The fourth-order valence-electron chi connectivity index (χ4n) is 1.92. The van der Waals surface area contributed by atoms with Crippen molar-refractivity contribution >= 4 is 38.2 Å². The molecule has 0 spiro atoms. The Labute approximate surface area is 127 Å². The van der Waals surface area contributed by atoms with Crippen LogP contribution in [-0.2, 0) is 10.8 Å². The van der Waals surface area contributed by atoms with Crippen LogP contribution >= 0.6 is 11.3 Å². The first kappa shape index (κ1) is 14.1. The second-order valence-corrected chi connectivity index (χ2v) is 6.72. The van der Waals surface area contributed by atoms with E-state index in [0.29, 0.717) is 12.3 Å². The Balaban J connectivity index is 1.65. The lowest BCUT2D eigenvalue weighted by atomic mass is 10.3. The Morgan fingerprint density at radius 1 is 1.24 bits per heavy atom. The van der Waals surface area contributed by atoms with E-state index in [-0.39, 0.29) is 4.90 Å². The van der Waals surface area contributed by atoms with Gasteiger partial charge in [-0.2, -0.15) is 0 Å². The van der Waals surface area contributed by atoms with Gasteiger partial charge in [0.15, 0.2) is 0 Å². The molecule has 0 amide bonds. The summed E-state index contributed by atoms with van der Waals surface area (Å²) in [5.41, 5.74) is 0.882. The van der Waals surface area contributed by atoms with Crippen molar-refractivity contribution in [1.29, 1.82) is 0 Å². The SMILES string of the molecule is O=S(CCNc1ncnc2ccsc12)c1ccccc1F. The molecule has 1 atom stereocenters. The highest BCUT2D eigenvalue weighted by molar-refractivity contribution is 7.85. The van der Waals surface area contributed by atoms with E-state index in [9.17, 15) is 8.60 Å². The van der Waals surface area contributed by atoms with E-state index in [1.807, 2.05) is 11.4 Å². The Morgan fingerprint density at radius 3 is 2.95 bits per heavy atom. The van der Waals surface area contributed by atoms with Gasteiger partial charge in [-0.25, -0.2) is 14.4 Å². The summed E-state index contributed by atoms with van der Waals surface area (Å²) in [4.78, 5) is 8.57. The molecule has 2 aromatic heterocycles. The van der Waals surface area contributed by atoms with Gasteiger partial charge >= 0.3 is 0 Å². The molecule has 108 valence electrons. The number of hydrogen-bond donors (Lipinski definition) is 1. The van der Waals surface area contributed by atoms with Crippen molar-refractivity contribution in [2.45, 2.75) is 4.90 Å². The van der Waals surface area contributed by atoms with E-state index >= 15 is 0 Å². The van der Waals surface area contributed by atoms with Crippen LogP contribution in [0.1, 0.15) is 0 Å². The summed E-state index contributed by atoms with van der Waals surface area (Å²) in [5.74, 6) is 0.608. The van der Waals surface area contributed by atoms with Gasteiger partial charge < -0.3 is 5.32 Å². The molecule has 2 heterocycles. The molecule has 0 saturated carbocycles. The minimum atomic E-state index is -1.37. The van der Waals surface area contributed by atoms with Gasteiger partial charge in [-0.1, -0.05) is 12.1 Å². The zero-order chi connectivity index (χ0) is 14.7. The molecule has 0 bridgehead atoms. The Bertz CT molecular complexity index is 790. The number of nitrogens with one attached hydrogen (secondary N) is 1. The molecule has 3 aromatic rings. The van der Waals surface area contributed by atoms with Crippen molar-refractivity contribution in [1.82, 2.24) is 9.97 Å². The molecular formula is C14H12FN3OS2. The molecule has 0 aliphatic heterocycles. The third-order valence-corrected chi connectivity index (χ3v) is 5.21. The zero-order valence-corrected chi connectivity index (χ0v) is 12.6. The number of fused-ring (bicyclic) bond motifs is 1. The largest absolute Gasteiger partial charge is 0.368 e. The smallest absolute Gasteiger partial charge is 0.147 e. The number of benzene rings is 1. The van der Waals surface area contributed by atoms with Gasteiger partial charge in [-0.15, -0.1) is 11.3 Å². The highest BCUT2D eigenvalue weighted by Gasteiger charge is 2.10. The molecule has 7 heteroatoms. The van der Waals surface area contributed by atoms with Gasteiger partial charge in [0.05, 0.1) is 25.9 Å². The lowest BCUT2D eigenvalue weighted by molar-refractivity contribution is 0.595. The summed E-state index contributed by atoms with van der Waals surface area (Å²) in [5, 5.41) is 5.08. The number of halogens is 1. The van der Waals surface area contributed by atoms with E-state index in [0.717, 1.165) is 16.0 Å². The standard InChI is InChI=1S/C14H12FN3OS2/c15-10-3-1-2-4-12(10)21(19)8-6-16-14-13-11(5-7-20-13)17-9-18-14/h1-5,7,9H,6,8H2,(H,16,17,18). The minimum absolute atomic E-state index is 0.239. The van der Waals surface area contributed by atoms with Gasteiger partial charge in [0.1, 0.15) is 18.0 Å². The van der Waals surface area contributed by atoms with Crippen LogP contribution in [0.4, 0.5) is 10.2 Å². The number of anilines is 1. The summed E-state index contributed by atoms with van der Waals surface area (Å²) >= 11 is 1.55. The highest BCUT2D eigenvalue weighted by Crippen LogP contribution is 2.24. The van der Waals surface area contributed by atoms with Crippen LogP contribution in [0.3, 0.4) is 0 Å². The lowest BCUT2D eigenvalue weighted by Gasteiger charge is -2.07. The molecule has 0 aliphatic carbocycles. The van der Waals surface area contributed by atoms with Crippen LogP contribution in [0.15, 0.2) is 46.9 Å². The second-order valence-electron chi connectivity index (χ2n) is 4.26. The maximum absolute atomic E-state index is 13.5. The molecule has 1 unspecified atom stereocenters. The van der Waals surface area contributed by atoms with Crippen molar-refractivity contribution in [3.8, 4) is 0 Å². The maximum atomic E-state index is 13.5. The Hall–Kier alpha value is -1.86. The normalized spacial score (nSPS) is 12.4. The van der Waals surface area contributed by atoms with Crippen LogP contribution in [-0.4, -0.2) is 26.5 Å². The number of hydrogen-bond acceptors (Lipinski definition) is 5. The summed E-state index contributed by atoms with van der Waals surface area (Å²) in [6.45, 7) is 0.449. The van der Waals surface area contributed by atoms with Gasteiger partial charge in [0.25, 0.3) is 0 Å². The van der Waals surface area contributed by atoms with E-state index in [1.165, 1.54) is 12.4 Å². The molecular weight excluding hydrogens is 309 g/mol. The lowest BCUT2D eigenvalue weighted by Crippen LogP contribution is -2.12. The van der Waals surface area contributed by atoms with Crippen molar-refractivity contribution in [2.75, 3.05) is 17.6 Å². The number of rotatable bonds is 5. The molecule has 3 rings (SSSR count). The monoisotopic (exact) mass is 321 g/mol. The molecule has 21 heavy (non-hydrogen) atoms. The van der Waals surface area contributed by atoms with Gasteiger partial charge in [0.2, 0.25) is 0 Å². The Morgan fingerprint density at radius 2 is 2.10 bits per heavy atom. The van der Waals surface area contributed by atoms with Crippen molar-refractivity contribution < 1.29 is 8.60 Å². The summed E-state index contributed by atoms with van der Waals surface area (Å²) in [6.07, 6.45) is 1.49. The third kappa shape index (κ3) is 3.08. The molecule has 4 nitrogen and oxygen atoms in total. The van der Waals surface area contributed by atoms with E-state index in [2.05, 4.69) is 15.3 Å². The Kier molecular flexibility index (Phi) is 4.21. The summed E-state index contributed by atoms with van der Waals surface area (Å²) in [6, 6.07) is 8.06.